The number of pyridine rings is 2. The predicted molar refractivity (Wildman–Crippen MR) is 148 cm³/mol. The third-order valence-electron chi connectivity index (χ3n) is 6.82. The van der Waals surface area contributed by atoms with Crippen LogP contribution >= 0.6 is 0 Å². The second-order valence-electron chi connectivity index (χ2n) is 10.1. The summed E-state index contributed by atoms with van der Waals surface area (Å²) in [5.74, 6) is 0.509. The molecule has 2 N–H and O–H groups in total. The Morgan fingerprint density at radius 3 is 2.72 bits per heavy atom. The molecule has 0 aliphatic carbocycles. The molecule has 1 saturated heterocycles. The van der Waals surface area contributed by atoms with Crippen LogP contribution in [-0.4, -0.2) is 63.7 Å². The van der Waals surface area contributed by atoms with Gasteiger partial charge in [-0.25, -0.2) is 14.4 Å². The summed E-state index contributed by atoms with van der Waals surface area (Å²) in [4.78, 5) is 36.2. The predicted octanol–water partition coefficient (Wildman–Crippen LogP) is 4.21. The van der Waals surface area contributed by atoms with Crippen LogP contribution in [0.25, 0.3) is 16.9 Å². The minimum absolute atomic E-state index is 0.135. The van der Waals surface area contributed by atoms with Gasteiger partial charge in [-0.3, -0.25) is 14.0 Å². The third kappa shape index (κ3) is 5.75. The summed E-state index contributed by atoms with van der Waals surface area (Å²) in [5, 5.41) is 6.22. The fraction of sp³-hybridized carbons (Fsp3) is 0.310. The monoisotopic (exact) mass is 529 g/mol. The molecule has 0 spiro atoms. The van der Waals surface area contributed by atoms with Crippen LogP contribution in [0.15, 0.2) is 54.9 Å². The second-order valence-corrected chi connectivity index (χ2v) is 10.1. The number of rotatable bonds is 5. The van der Waals surface area contributed by atoms with Crippen LogP contribution in [0.3, 0.4) is 0 Å². The first-order valence-electron chi connectivity index (χ1n) is 13.0. The Morgan fingerprint density at radius 1 is 1.13 bits per heavy atom. The minimum atomic E-state index is -0.338. The number of imidazole rings is 1. The molecule has 10 heteroatoms. The Morgan fingerprint density at radius 2 is 1.97 bits per heavy atom. The molecule has 0 bridgehead atoms. The quantitative estimate of drug-likeness (QED) is 0.402. The Bertz CT molecular complexity index is 1530. The van der Waals surface area contributed by atoms with E-state index in [1.54, 1.807) is 17.3 Å². The van der Waals surface area contributed by atoms with Gasteiger partial charge in [-0.2, -0.15) is 0 Å². The van der Waals surface area contributed by atoms with Crippen molar-refractivity contribution in [2.24, 2.45) is 0 Å². The SMILES string of the molecule is CN(C)Cc1cccc(Nc2ccc(-c3cnc4cc(F)ccn34)c3c2C(=O)NC3)n1.CN1CCCCC1=O. The van der Waals surface area contributed by atoms with Crippen LogP contribution in [0.1, 0.15) is 40.9 Å². The highest BCUT2D eigenvalue weighted by molar-refractivity contribution is 6.06. The summed E-state index contributed by atoms with van der Waals surface area (Å²) in [6.07, 6.45) is 6.38. The Hall–Kier alpha value is -4.31. The van der Waals surface area contributed by atoms with E-state index in [1.165, 1.54) is 18.6 Å². The van der Waals surface area contributed by atoms with Gasteiger partial charge in [-0.05, 0) is 56.8 Å². The highest BCUT2D eigenvalue weighted by Crippen LogP contribution is 2.35. The molecular weight excluding hydrogens is 497 g/mol. The van der Waals surface area contributed by atoms with Gasteiger partial charge in [-0.15, -0.1) is 0 Å². The molecule has 1 fully saturated rings. The van der Waals surface area contributed by atoms with E-state index in [-0.39, 0.29) is 11.7 Å². The number of aromatic nitrogens is 3. The fourth-order valence-corrected chi connectivity index (χ4v) is 4.89. The van der Waals surface area contributed by atoms with Crippen LogP contribution in [0.4, 0.5) is 15.9 Å². The van der Waals surface area contributed by atoms with Crippen molar-refractivity contribution < 1.29 is 14.0 Å². The van der Waals surface area contributed by atoms with E-state index in [4.69, 9.17) is 0 Å². The Balaban J connectivity index is 0.000000332. The lowest BCUT2D eigenvalue weighted by Gasteiger charge is -2.21. The molecule has 2 amide bonds. The standard InChI is InChI=1S/C23H21FN6O.C6H11NO/c1-29(2)13-15-4-3-5-20(27-15)28-18-7-6-16(17-11-26-23(31)22(17)18)19-12-25-21-10-14(24)8-9-30(19)21;1-7-5-3-2-4-6(7)8/h3-10,12H,11,13H2,1-2H3,(H,26,31)(H,27,28);2-5H2,1H3. The molecule has 5 heterocycles. The second kappa shape index (κ2) is 11.2. The van der Waals surface area contributed by atoms with Gasteiger partial charge >= 0.3 is 0 Å². The van der Waals surface area contributed by atoms with Crippen molar-refractivity contribution in [3.8, 4) is 11.3 Å². The zero-order valence-electron chi connectivity index (χ0n) is 22.4. The largest absolute Gasteiger partial charge is 0.348 e. The number of nitrogens with zero attached hydrogens (tertiary/aromatic N) is 5. The van der Waals surface area contributed by atoms with E-state index >= 15 is 0 Å². The van der Waals surface area contributed by atoms with E-state index in [0.717, 1.165) is 48.4 Å². The van der Waals surface area contributed by atoms with Gasteiger partial charge in [0.15, 0.2) is 0 Å². The Kier molecular flexibility index (Phi) is 7.56. The van der Waals surface area contributed by atoms with E-state index in [2.05, 4.69) is 20.6 Å². The van der Waals surface area contributed by atoms with Gasteiger partial charge in [-0.1, -0.05) is 12.1 Å². The molecule has 3 aromatic heterocycles. The maximum Gasteiger partial charge on any atom is 0.254 e. The number of anilines is 2. The first-order valence-corrected chi connectivity index (χ1v) is 13.0. The van der Waals surface area contributed by atoms with Crippen molar-refractivity contribution >= 4 is 29.0 Å². The fourth-order valence-electron chi connectivity index (χ4n) is 4.89. The van der Waals surface area contributed by atoms with Gasteiger partial charge in [0, 0.05) is 50.9 Å². The van der Waals surface area contributed by atoms with Gasteiger partial charge in [0.1, 0.15) is 17.3 Å². The Labute approximate surface area is 226 Å². The summed E-state index contributed by atoms with van der Waals surface area (Å²) in [6.45, 7) is 2.10. The van der Waals surface area contributed by atoms with Crippen molar-refractivity contribution in [3.63, 3.8) is 0 Å². The van der Waals surface area contributed by atoms with Crippen molar-refractivity contribution in [2.45, 2.75) is 32.4 Å². The lowest BCUT2D eigenvalue weighted by Crippen LogP contribution is -2.31. The third-order valence-corrected chi connectivity index (χ3v) is 6.82. The first-order chi connectivity index (χ1) is 18.8. The van der Waals surface area contributed by atoms with Crippen LogP contribution in [0.2, 0.25) is 0 Å². The van der Waals surface area contributed by atoms with E-state index in [1.807, 2.05) is 60.8 Å². The highest BCUT2D eigenvalue weighted by atomic mass is 19.1. The van der Waals surface area contributed by atoms with Crippen molar-refractivity contribution in [3.05, 3.63) is 77.5 Å². The number of benzene rings is 1. The zero-order valence-corrected chi connectivity index (χ0v) is 22.4. The van der Waals surface area contributed by atoms with E-state index in [0.29, 0.717) is 35.2 Å². The van der Waals surface area contributed by atoms with Gasteiger partial charge in [0.25, 0.3) is 5.91 Å². The number of fused-ring (bicyclic) bond motifs is 2. The number of carbonyl (C=O) groups excluding carboxylic acids is 2. The smallest absolute Gasteiger partial charge is 0.254 e. The number of carbonyl (C=O) groups is 2. The lowest BCUT2D eigenvalue weighted by molar-refractivity contribution is -0.131. The highest BCUT2D eigenvalue weighted by Gasteiger charge is 2.27. The van der Waals surface area contributed by atoms with Gasteiger partial charge in [0.2, 0.25) is 5.91 Å². The maximum atomic E-state index is 13.6. The van der Waals surface area contributed by atoms with Crippen LogP contribution in [0, 0.1) is 5.82 Å². The van der Waals surface area contributed by atoms with Gasteiger partial charge < -0.3 is 20.4 Å². The average molecular weight is 530 g/mol. The molecule has 202 valence electrons. The van der Waals surface area contributed by atoms with Crippen molar-refractivity contribution in [2.75, 3.05) is 33.0 Å². The normalized spacial score (nSPS) is 14.7. The number of likely N-dealkylation sites (tertiary alicyclic amines) is 1. The number of hydrogen-bond acceptors (Lipinski definition) is 6. The molecule has 2 aliphatic heterocycles. The maximum absolute atomic E-state index is 13.6. The summed E-state index contributed by atoms with van der Waals surface area (Å²) in [7, 11) is 5.85. The molecule has 0 saturated carbocycles. The van der Waals surface area contributed by atoms with E-state index in [9.17, 15) is 14.0 Å². The van der Waals surface area contributed by atoms with Crippen LogP contribution in [-0.2, 0) is 17.9 Å². The number of hydrogen-bond donors (Lipinski definition) is 2. The summed E-state index contributed by atoms with van der Waals surface area (Å²) in [6, 6.07) is 12.4. The number of piperidine rings is 1. The molecule has 0 atom stereocenters. The molecule has 9 nitrogen and oxygen atoms in total. The molecule has 6 rings (SSSR count). The molecule has 39 heavy (non-hydrogen) atoms. The van der Waals surface area contributed by atoms with E-state index < -0.39 is 0 Å². The molecule has 0 unspecified atom stereocenters. The van der Waals surface area contributed by atoms with Crippen LogP contribution in [0.5, 0.6) is 0 Å². The zero-order chi connectivity index (χ0) is 27.5. The summed E-state index contributed by atoms with van der Waals surface area (Å²) in [5.41, 5.74) is 5.31. The summed E-state index contributed by atoms with van der Waals surface area (Å²) >= 11 is 0. The van der Waals surface area contributed by atoms with Gasteiger partial charge in [0.05, 0.1) is 28.8 Å². The molecular formula is C29H32FN7O2. The number of amides is 2. The number of halogens is 1. The average Bonchev–Trinajstić information content (AvgIpc) is 3.50. The minimum Gasteiger partial charge on any atom is -0.348 e. The molecule has 0 radical (unpaired) electrons. The summed E-state index contributed by atoms with van der Waals surface area (Å²) < 4.78 is 15.4. The molecule has 4 aromatic rings. The molecule has 1 aromatic carbocycles. The van der Waals surface area contributed by atoms with Crippen LogP contribution < -0.4 is 10.6 Å². The lowest BCUT2D eigenvalue weighted by atomic mass is 9.99. The number of nitrogens with one attached hydrogen (secondary N) is 2. The van der Waals surface area contributed by atoms with Crippen molar-refractivity contribution in [1.82, 2.24) is 29.5 Å². The topological polar surface area (TPSA) is 94.9 Å². The first kappa shape index (κ1) is 26.3. The van der Waals surface area contributed by atoms with Crippen molar-refractivity contribution in [1.29, 1.82) is 0 Å². The molecule has 2 aliphatic rings.